The van der Waals surface area contributed by atoms with E-state index in [4.69, 9.17) is 14.6 Å². The predicted octanol–water partition coefficient (Wildman–Crippen LogP) is -1.91. The van der Waals surface area contributed by atoms with Gasteiger partial charge in [-0.15, -0.1) is 0 Å². The number of carboxylic acids is 1. The lowest BCUT2D eigenvalue weighted by atomic mass is 10.1. The number of aromatic amines is 1. The summed E-state index contributed by atoms with van der Waals surface area (Å²) in [6.45, 7) is -0.675. The van der Waals surface area contributed by atoms with Crippen molar-refractivity contribution < 1.29 is 38.8 Å². The Morgan fingerprint density at radius 1 is 1.35 bits per heavy atom. The topological polar surface area (TPSA) is 168 Å². The molecule has 2 rings (SSSR count). The average Bonchev–Trinajstić information content (AvgIpc) is 2.87. The number of hydrogen-bond acceptors (Lipinski definition) is 8. The molecule has 1 saturated heterocycles. The lowest BCUT2D eigenvalue weighted by molar-refractivity contribution is -0.159. The molecule has 0 spiro atoms. The van der Waals surface area contributed by atoms with Crippen LogP contribution in [0.5, 0.6) is 0 Å². The van der Waals surface area contributed by atoms with Crippen LogP contribution in [-0.2, 0) is 19.1 Å². The van der Waals surface area contributed by atoms with Crippen molar-refractivity contribution in [3.8, 4) is 0 Å². The van der Waals surface area contributed by atoms with Gasteiger partial charge in [0.2, 0.25) is 5.82 Å². The van der Waals surface area contributed by atoms with Crippen LogP contribution in [0.2, 0.25) is 0 Å². The highest BCUT2D eigenvalue weighted by atomic mass is 19.1. The summed E-state index contributed by atoms with van der Waals surface area (Å²) in [5.41, 5.74) is -2.33. The smallest absolute Gasteiger partial charge is 0.330 e. The van der Waals surface area contributed by atoms with Gasteiger partial charge in [-0.05, 0) is 6.42 Å². The average molecular weight is 376 g/mol. The third kappa shape index (κ3) is 4.33. The number of carboxylic acid groups (broad SMARTS) is 1. The van der Waals surface area contributed by atoms with E-state index < -0.39 is 60.2 Å². The van der Waals surface area contributed by atoms with Gasteiger partial charge >= 0.3 is 17.6 Å². The maximum absolute atomic E-state index is 13.5. The monoisotopic (exact) mass is 376 g/mol. The van der Waals surface area contributed by atoms with Crippen LogP contribution in [0.3, 0.4) is 0 Å². The molecule has 1 aliphatic rings. The molecule has 0 aromatic carbocycles. The standard InChI is InChI=1S/C14H17FN2O9/c15-6-4-17(14(24)16-12(6)23)13-11(10(22)7(5-18)25-13)26-9(21)3-1-2-8(19)20/h4,7,10-11,13,18,22H,1-3,5H2,(H,19,20)(H,16,23,24)/t7-,10-,11-,13-/m1/s1. The molecule has 1 aromatic heterocycles. The second-order valence-corrected chi connectivity index (χ2v) is 5.58. The first kappa shape index (κ1) is 19.8. The number of carbonyl (C=O) groups excluding carboxylic acids is 1. The maximum Gasteiger partial charge on any atom is 0.330 e. The van der Waals surface area contributed by atoms with Gasteiger partial charge in [0.05, 0.1) is 12.8 Å². The Morgan fingerprint density at radius 2 is 2.04 bits per heavy atom. The van der Waals surface area contributed by atoms with Crippen LogP contribution in [-0.4, -0.2) is 61.7 Å². The molecule has 1 aliphatic heterocycles. The molecule has 0 saturated carbocycles. The second-order valence-electron chi connectivity index (χ2n) is 5.58. The lowest BCUT2D eigenvalue weighted by Crippen LogP contribution is -2.41. The molecule has 1 aromatic rings. The van der Waals surface area contributed by atoms with Crippen molar-refractivity contribution in [3.05, 3.63) is 32.9 Å². The Labute approximate surface area is 144 Å². The summed E-state index contributed by atoms with van der Waals surface area (Å²) in [6, 6.07) is 0. The van der Waals surface area contributed by atoms with Gasteiger partial charge in [-0.1, -0.05) is 0 Å². The molecule has 26 heavy (non-hydrogen) atoms. The summed E-state index contributed by atoms with van der Waals surface area (Å²) in [6.07, 6.45) is -5.76. The van der Waals surface area contributed by atoms with Gasteiger partial charge in [-0.3, -0.25) is 23.9 Å². The number of aromatic nitrogens is 2. The third-order valence-electron chi connectivity index (χ3n) is 3.73. The Hall–Kier alpha value is -2.57. The molecule has 0 amide bonds. The second kappa shape index (κ2) is 8.21. The van der Waals surface area contributed by atoms with E-state index in [0.717, 1.165) is 0 Å². The molecular weight excluding hydrogens is 359 g/mol. The third-order valence-corrected chi connectivity index (χ3v) is 3.73. The zero-order chi connectivity index (χ0) is 19.4. The number of aliphatic carboxylic acids is 1. The molecule has 4 atom stereocenters. The number of esters is 1. The van der Waals surface area contributed by atoms with Gasteiger partial charge in [-0.2, -0.15) is 4.39 Å². The Balaban J connectivity index is 2.22. The fraction of sp³-hybridized carbons (Fsp3) is 0.571. The van der Waals surface area contributed by atoms with Crippen LogP contribution in [0.1, 0.15) is 25.5 Å². The van der Waals surface area contributed by atoms with Gasteiger partial charge in [0, 0.05) is 12.8 Å². The van der Waals surface area contributed by atoms with Gasteiger partial charge < -0.3 is 24.8 Å². The Morgan fingerprint density at radius 3 is 2.65 bits per heavy atom. The van der Waals surface area contributed by atoms with Crippen molar-refractivity contribution in [2.75, 3.05) is 6.61 Å². The molecule has 12 heteroatoms. The Bertz CT molecular complexity index is 789. The summed E-state index contributed by atoms with van der Waals surface area (Å²) < 4.78 is 24.4. The van der Waals surface area contributed by atoms with Crippen LogP contribution in [0.15, 0.2) is 15.8 Å². The molecular formula is C14H17FN2O9. The maximum atomic E-state index is 13.5. The highest BCUT2D eigenvalue weighted by Crippen LogP contribution is 2.31. The molecule has 4 N–H and O–H groups in total. The van der Waals surface area contributed by atoms with Gasteiger partial charge in [0.1, 0.15) is 12.2 Å². The van der Waals surface area contributed by atoms with Crippen molar-refractivity contribution >= 4 is 11.9 Å². The van der Waals surface area contributed by atoms with Crippen molar-refractivity contribution in [2.24, 2.45) is 0 Å². The molecule has 1 fully saturated rings. The molecule has 0 radical (unpaired) electrons. The number of aliphatic hydroxyl groups excluding tert-OH is 2. The minimum absolute atomic E-state index is 0.0147. The minimum Gasteiger partial charge on any atom is -0.481 e. The summed E-state index contributed by atoms with van der Waals surface area (Å²) in [4.78, 5) is 47.0. The van der Waals surface area contributed by atoms with Crippen LogP contribution in [0, 0.1) is 5.82 Å². The van der Waals surface area contributed by atoms with E-state index >= 15 is 0 Å². The van der Waals surface area contributed by atoms with Crippen LogP contribution in [0.4, 0.5) is 4.39 Å². The number of ether oxygens (including phenoxy) is 2. The number of nitrogens with zero attached hydrogens (tertiary/aromatic N) is 1. The van der Waals surface area contributed by atoms with Crippen LogP contribution < -0.4 is 11.2 Å². The van der Waals surface area contributed by atoms with Gasteiger partial charge in [0.15, 0.2) is 12.3 Å². The largest absolute Gasteiger partial charge is 0.481 e. The summed E-state index contributed by atoms with van der Waals surface area (Å²) >= 11 is 0. The summed E-state index contributed by atoms with van der Waals surface area (Å²) in [7, 11) is 0. The van der Waals surface area contributed by atoms with Crippen molar-refractivity contribution in [1.82, 2.24) is 9.55 Å². The van der Waals surface area contributed by atoms with E-state index in [1.165, 1.54) is 0 Å². The lowest BCUT2D eigenvalue weighted by Gasteiger charge is -2.22. The van der Waals surface area contributed by atoms with Crippen molar-refractivity contribution in [2.45, 2.75) is 43.8 Å². The Kier molecular flexibility index (Phi) is 6.23. The quantitative estimate of drug-likeness (QED) is 0.397. The summed E-state index contributed by atoms with van der Waals surface area (Å²) in [5, 5.41) is 27.9. The number of H-pyrrole nitrogens is 1. The molecule has 144 valence electrons. The number of halogens is 1. The SMILES string of the molecule is O=C(O)CCCC(=O)O[C@@H]1[C@H](O)[C@@H](CO)O[C@H]1n1cc(F)c(=O)[nH]c1=O. The van der Waals surface area contributed by atoms with E-state index in [1.54, 1.807) is 4.98 Å². The summed E-state index contributed by atoms with van der Waals surface area (Å²) in [5.74, 6) is -3.28. The number of rotatable bonds is 7. The van der Waals surface area contributed by atoms with Crippen LogP contribution in [0.25, 0.3) is 0 Å². The zero-order valence-corrected chi connectivity index (χ0v) is 13.3. The van der Waals surface area contributed by atoms with Gasteiger partial charge in [-0.25, -0.2) is 4.79 Å². The fourth-order valence-electron chi connectivity index (χ4n) is 2.46. The number of carbonyl (C=O) groups is 2. The van der Waals surface area contributed by atoms with Gasteiger partial charge in [0.25, 0.3) is 5.56 Å². The zero-order valence-electron chi connectivity index (χ0n) is 13.3. The first-order valence-corrected chi connectivity index (χ1v) is 7.61. The molecule has 2 heterocycles. The normalized spacial score (nSPS) is 25.2. The molecule has 0 bridgehead atoms. The number of hydrogen-bond donors (Lipinski definition) is 4. The highest BCUT2D eigenvalue weighted by Gasteiger charge is 2.47. The van der Waals surface area contributed by atoms with E-state index in [-0.39, 0.29) is 19.3 Å². The van der Waals surface area contributed by atoms with Crippen molar-refractivity contribution in [1.29, 1.82) is 0 Å². The fourth-order valence-corrected chi connectivity index (χ4v) is 2.46. The first-order chi connectivity index (χ1) is 12.2. The van der Waals surface area contributed by atoms with E-state index in [9.17, 15) is 33.8 Å². The van der Waals surface area contributed by atoms with E-state index in [2.05, 4.69) is 0 Å². The van der Waals surface area contributed by atoms with E-state index in [0.29, 0.717) is 10.8 Å². The predicted molar refractivity (Wildman–Crippen MR) is 79.7 cm³/mol. The number of aliphatic hydroxyl groups is 2. The molecule has 0 unspecified atom stereocenters. The van der Waals surface area contributed by atoms with Crippen molar-refractivity contribution in [3.63, 3.8) is 0 Å². The highest BCUT2D eigenvalue weighted by molar-refractivity contribution is 5.71. The molecule has 11 nitrogen and oxygen atoms in total. The first-order valence-electron chi connectivity index (χ1n) is 7.61. The molecule has 0 aliphatic carbocycles. The minimum atomic E-state index is -1.53. The number of nitrogens with one attached hydrogen (secondary N) is 1. The van der Waals surface area contributed by atoms with Crippen LogP contribution >= 0.6 is 0 Å². The van der Waals surface area contributed by atoms with E-state index in [1.807, 2.05) is 0 Å².